The molecule has 5 N–H and O–H groups in total. The Morgan fingerprint density at radius 1 is 0.945 bits per heavy atom. The number of amides is 3. The van der Waals surface area contributed by atoms with Gasteiger partial charge in [-0.1, -0.05) is 48.0 Å². The van der Waals surface area contributed by atoms with Crippen LogP contribution in [-0.2, 0) is 31.9 Å². The zero-order valence-electron chi connectivity index (χ0n) is 41.8. The number of aryl methyl sites for hydroxylation is 1. The number of halogens is 1. The second-order valence-electron chi connectivity index (χ2n) is 19.4. The number of ether oxygens (including phenoxy) is 1. The van der Waals surface area contributed by atoms with Gasteiger partial charge in [0.2, 0.25) is 23.7 Å². The Bertz CT molecular complexity index is 2770. The topological polar surface area (TPSA) is 201 Å². The highest BCUT2D eigenvalue weighted by Gasteiger charge is 2.46. The zero-order valence-corrected chi connectivity index (χ0v) is 44.1. The molecule has 3 amide bonds. The molecular weight excluding hydrogens is 988 g/mol. The van der Waals surface area contributed by atoms with Crippen LogP contribution in [0.25, 0.3) is 10.4 Å². The second-order valence-corrected chi connectivity index (χ2v) is 22.1. The van der Waals surface area contributed by atoms with Gasteiger partial charge >= 0.3 is 0 Å². The Morgan fingerprint density at radius 2 is 1.70 bits per heavy atom. The van der Waals surface area contributed by atoms with E-state index in [0.29, 0.717) is 46.4 Å². The first kappa shape index (κ1) is 52.0. The minimum Gasteiger partial charge on any atom is -0.494 e. The Balaban J connectivity index is 0.709. The molecule has 21 heteroatoms. The average molecular weight is 1050 g/mol. The number of methoxy groups -OCH3 is 1. The lowest BCUT2D eigenvalue weighted by molar-refractivity contribution is -0.142. The number of rotatable bonds is 19. The molecule has 1 saturated carbocycles. The summed E-state index contributed by atoms with van der Waals surface area (Å²) >= 11 is 8.11. The second kappa shape index (κ2) is 23.5. The number of hydrogen-bond donors (Lipinski definition) is 5. The molecule has 4 aliphatic rings. The molecule has 4 atom stereocenters. The Labute approximate surface area is 438 Å². The predicted octanol–water partition coefficient (Wildman–Crippen LogP) is 5.79. The van der Waals surface area contributed by atoms with Crippen molar-refractivity contribution >= 4 is 86.2 Å². The number of carbonyl (C=O) groups is 3. The van der Waals surface area contributed by atoms with Crippen molar-refractivity contribution < 1.29 is 28.4 Å². The van der Waals surface area contributed by atoms with Gasteiger partial charge < -0.3 is 40.9 Å². The number of hydrogen-bond acceptors (Lipinski definition) is 15. The molecule has 18 nitrogen and oxygen atoms in total. The molecule has 0 bridgehead atoms. The van der Waals surface area contributed by atoms with E-state index in [4.69, 9.17) is 16.3 Å². The van der Waals surface area contributed by atoms with Crippen molar-refractivity contribution in [3.05, 3.63) is 94.7 Å². The van der Waals surface area contributed by atoms with E-state index < -0.39 is 29.2 Å². The van der Waals surface area contributed by atoms with E-state index in [1.165, 1.54) is 11.1 Å². The summed E-state index contributed by atoms with van der Waals surface area (Å²) in [7, 11) is 2.17. The molecule has 3 aliphatic heterocycles. The number of benzene rings is 3. The number of β-amino-alcohol motifs (C(OH)–C–C–N with tert-alkyl or cyclic N) is 1. The molecule has 5 aromatic rings. The van der Waals surface area contributed by atoms with Crippen LogP contribution >= 0.6 is 22.9 Å². The number of likely N-dealkylation sites (tertiary alicyclic amines) is 2. The summed E-state index contributed by atoms with van der Waals surface area (Å²) in [4.78, 5) is 64.2. The van der Waals surface area contributed by atoms with E-state index in [1.54, 1.807) is 36.1 Å². The smallest absolute Gasteiger partial charge is 0.246 e. The maximum atomic E-state index is 14.1. The van der Waals surface area contributed by atoms with Crippen LogP contribution in [0.15, 0.2) is 78.4 Å². The van der Waals surface area contributed by atoms with Gasteiger partial charge in [-0.2, -0.15) is 4.98 Å². The normalized spacial score (nSPS) is 19.5. The lowest BCUT2D eigenvalue weighted by Gasteiger charge is -2.39. The van der Waals surface area contributed by atoms with Gasteiger partial charge in [-0.05, 0) is 92.9 Å². The summed E-state index contributed by atoms with van der Waals surface area (Å²) in [5.41, 5.74) is 8.00. The van der Waals surface area contributed by atoms with E-state index >= 15 is 0 Å². The fraction of sp³-hybridized carbons (Fsp3) is 0.462. The van der Waals surface area contributed by atoms with Gasteiger partial charge in [-0.25, -0.2) is 14.2 Å². The average Bonchev–Trinajstić information content (AvgIpc) is 4.03. The van der Waals surface area contributed by atoms with Crippen LogP contribution in [0.2, 0.25) is 5.02 Å². The van der Waals surface area contributed by atoms with Crippen LogP contribution in [0.5, 0.6) is 5.75 Å². The highest BCUT2D eigenvalue weighted by Crippen LogP contribution is 2.37. The number of thiazole rings is 1. The molecule has 0 spiro atoms. The van der Waals surface area contributed by atoms with E-state index in [-0.39, 0.29) is 43.1 Å². The molecule has 1 unspecified atom stereocenters. The van der Waals surface area contributed by atoms with Gasteiger partial charge in [0, 0.05) is 77.3 Å². The first-order valence-electron chi connectivity index (χ1n) is 25.0. The number of piperazine rings is 1. The monoisotopic (exact) mass is 1050 g/mol. The van der Waals surface area contributed by atoms with E-state index in [1.807, 2.05) is 73.1 Å². The lowest BCUT2D eigenvalue weighted by Crippen LogP contribution is -2.55. The van der Waals surface area contributed by atoms with Gasteiger partial charge in [-0.15, -0.1) is 11.3 Å². The molecule has 3 aromatic carbocycles. The lowest BCUT2D eigenvalue weighted by atomic mass is 9.96. The highest BCUT2D eigenvalue weighted by molar-refractivity contribution is 7.85. The van der Waals surface area contributed by atoms with Crippen molar-refractivity contribution in [1.29, 1.82) is 0 Å². The van der Waals surface area contributed by atoms with E-state index in [2.05, 4.69) is 57.0 Å². The number of carbonyl (C=O) groups excluding carboxylic acids is 3. The number of nitrogens with one attached hydrogen (secondary N) is 4. The number of para-hydroxylation sites is 2. The summed E-state index contributed by atoms with van der Waals surface area (Å²) < 4.78 is 19.7. The third kappa shape index (κ3) is 12.9. The fourth-order valence-corrected chi connectivity index (χ4v) is 11.4. The van der Waals surface area contributed by atoms with Crippen molar-refractivity contribution in [2.45, 2.75) is 63.8 Å². The molecule has 73 heavy (non-hydrogen) atoms. The maximum Gasteiger partial charge on any atom is 0.246 e. The number of nitrogens with zero attached hydrogens (tertiary/aromatic N) is 8. The molecule has 4 fully saturated rings. The van der Waals surface area contributed by atoms with Crippen molar-refractivity contribution in [3.8, 4) is 16.2 Å². The molecule has 388 valence electrons. The fourth-order valence-electron chi connectivity index (χ4n) is 9.99. The first-order valence-corrected chi connectivity index (χ1v) is 27.7. The minimum atomic E-state index is -1.23. The van der Waals surface area contributed by atoms with Gasteiger partial charge in [0.25, 0.3) is 0 Å². The van der Waals surface area contributed by atoms with Crippen LogP contribution in [0, 0.1) is 18.8 Å². The SMILES string of the molecule is COc1cc(N2CCN(CC3CCN(CC(=O)N[C@H](C(=O)N4C[C@H](O)C[C@@H]4C(=O)NCc4ccc(-c5scnc5C)cc4)C4CC4)CC3)CC2)ccc1Nc1ncc(Cl)c(Nc2ccccc2N(C)S(C)=O)n1. The van der Waals surface area contributed by atoms with Crippen LogP contribution in [-0.4, -0.2) is 154 Å². The number of anilines is 6. The minimum absolute atomic E-state index is 0.0238. The first-order chi connectivity index (χ1) is 35.3. The maximum absolute atomic E-state index is 14.1. The summed E-state index contributed by atoms with van der Waals surface area (Å²) in [5, 5.41) is 23.6. The van der Waals surface area contributed by atoms with Gasteiger partial charge in [0.1, 0.15) is 33.8 Å². The molecule has 5 heterocycles. The van der Waals surface area contributed by atoms with Crippen LogP contribution in [0.4, 0.5) is 34.5 Å². The predicted molar refractivity (Wildman–Crippen MR) is 288 cm³/mol. The Kier molecular flexibility index (Phi) is 16.8. The third-order valence-electron chi connectivity index (χ3n) is 14.4. The summed E-state index contributed by atoms with van der Waals surface area (Å²) in [5.74, 6) is 1.14. The standard InChI is InChI=1S/C52H65ClN12O6S2/c1-33-48(72-32-56-33)37-11-9-34(10-12-37)27-54-50(68)44-26-39(66)30-65(44)51(69)47(36-13-14-36)59-46(67)31-62-19-17-35(18-20-62)29-63-21-23-64(24-22-63)38-15-16-42(45(25-38)71-3)58-52-55-28-40(53)49(60-52)57-41-7-5-6-8-43(41)61(2)73(4)70/h5-12,15-16,25,28,32,35-36,39,44,47,66H,13-14,17-24,26-27,29-31H2,1-4H3,(H,54,68)(H,59,67)(H2,55,57,58,60)/t39-,44-,47+,73?/m1/s1. The summed E-state index contributed by atoms with van der Waals surface area (Å²) in [6.07, 6.45) is 6.13. The molecule has 2 aromatic heterocycles. The third-order valence-corrected chi connectivity index (χ3v) is 16.6. The highest BCUT2D eigenvalue weighted by atomic mass is 35.5. The molecular formula is C52H65ClN12O6S2. The number of aliphatic hydroxyl groups is 1. The summed E-state index contributed by atoms with van der Waals surface area (Å²) in [6.45, 7) is 8.79. The number of aliphatic hydroxyl groups excluding tert-OH is 1. The largest absolute Gasteiger partial charge is 0.494 e. The van der Waals surface area contributed by atoms with Gasteiger partial charge in [-0.3, -0.25) is 28.5 Å². The van der Waals surface area contributed by atoms with Crippen molar-refractivity contribution in [2.75, 3.05) is 99.2 Å². The van der Waals surface area contributed by atoms with E-state index in [0.717, 1.165) is 105 Å². The number of piperidine rings is 1. The van der Waals surface area contributed by atoms with Gasteiger partial charge in [0.15, 0.2) is 5.82 Å². The Hall–Kier alpha value is -5.90. The molecule has 0 radical (unpaired) electrons. The van der Waals surface area contributed by atoms with Crippen LogP contribution in [0.3, 0.4) is 0 Å². The van der Waals surface area contributed by atoms with Gasteiger partial charge in [0.05, 0.1) is 59.1 Å². The van der Waals surface area contributed by atoms with Crippen molar-refractivity contribution in [3.63, 3.8) is 0 Å². The van der Waals surface area contributed by atoms with Crippen molar-refractivity contribution in [2.24, 2.45) is 11.8 Å². The molecule has 3 saturated heterocycles. The molecule has 1 aliphatic carbocycles. The summed E-state index contributed by atoms with van der Waals surface area (Å²) in [6, 6.07) is 20.0. The van der Waals surface area contributed by atoms with E-state index in [9.17, 15) is 23.7 Å². The van der Waals surface area contributed by atoms with Crippen LogP contribution < -0.4 is 35.2 Å². The number of aromatic nitrogens is 3. The molecule has 9 rings (SSSR count). The Morgan fingerprint density at radius 3 is 2.40 bits per heavy atom. The quantitative estimate of drug-likeness (QED) is 0.0665. The zero-order chi connectivity index (χ0) is 51.2. The van der Waals surface area contributed by atoms with Crippen molar-refractivity contribution in [1.82, 2.24) is 40.3 Å². The van der Waals surface area contributed by atoms with Crippen LogP contribution in [0.1, 0.15) is 43.4 Å².